The van der Waals surface area contributed by atoms with E-state index in [0.717, 1.165) is 0 Å². The number of rotatable bonds is 6. The maximum atomic E-state index is 3.55. The third-order valence-electron chi connectivity index (χ3n) is 1.68. The Bertz CT molecular complexity index is 186. The molecule has 0 heterocycles. The van der Waals surface area contributed by atoms with Gasteiger partial charge in [0.15, 0.2) is 0 Å². The van der Waals surface area contributed by atoms with Crippen LogP contribution in [0.3, 0.4) is 0 Å². The zero-order valence-corrected chi connectivity index (χ0v) is 13.4. The molecule has 0 nitrogen and oxygen atoms in total. The van der Waals surface area contributed by atoms with Gasteiger partial charge >= 0.3 is 21.1 Å². The predicted octanol–water partition coefficient (Wildman–Crippen LogP) is 5.46. The Morgan fingerprint density at radius 1 is 0.706 bits per heavy atom. The maximum absolute atomic E-state index is 3.55. The number of allylic oxidation sites excluding steroid dienone is 8. The predicted molar refractivity (Wildman–Crippen MR) is 77.1 cm³/mol. The minimum absolute atomic E-state index is 0. The molecule has 0 aromatic rings. The van der Waals surface area contributed by atoms with Gasteiger partial charge < -0.3 is 0 Å². The first-order chi connectivity index (χ1) is 7.83. The summed E-state index contributed by atoms with van der Waals surface area (Å²) in [7, 11) is 0. The van der Waals surface area contributed by atoms with Crippen molar-refractivity contribution in [2.75, 3.05) is 0 Å². The van der Waals surface area contributed by atoms with Gasteiger partial charge in [-0.1, -0.05) is 26.7 Å². The Balaban J connectivity index is -0.000000218. The molecule has 0 bridgehead atoms. The van der Waals surface area contributed by atoms with Gasteiger partial charge in [0.1, 0.15) is 0 Å². The molecule has 0 N–H and O–H groups in total. The Kier molecular flexibility index (Phi) is 31.3. The van der Waals surface area contributed by atoms with E-state index < -0.39 is 0 Å². The zero-order chi connectivity index (χ0) is 12.5. The molecule has 0 fully saturated rings. The van der Waals surface area contributed by atoms with Crippen molar-refractivity contribution in [2.24, 2.45) is 0 Å². The van der Waals surface area contributed by atoms with E-state index >= 15 is 0 Å². The van der Waals surface area contributed by atoms with Crippen molar-refractivity contribution >= 4 is 0 Å². The molecule has 0 amide bonds. The summed E-state index contributed by atoms with van der Waals surface area (Å²) >= 11 is 0. The van der Waals surface area contributed by atoms with Crippen LogP contribution in [-0.2, 0) is 21.1 Å². The summed E-state index contributed by atoms with van der Waals surface area (Å²) in [6.45, 7) is 11.4. The number of unbranched alkanes of at least 4 members (excludes halogenated alkanes) is 2. The van der Waals surface area contributed by atoms with Crippen molar-refractivity contribution in [1.82, 2.24) is 0 Å². The molecule has 0 saturated carbocycles. The Morgan fingerprint density at radius 2 is 1.06 bits per heavy atom. The molecule has 100 valence electrons. The van der Waals surface area contributed by atoms with Crippen LogP contribution in [0.15, 0.2) is 48.6 Å². The summed E-state index contributed by atoms with van der Waals surface area (Å²) in [6, 6.07) is 0. The van der Waals surface area contributed by atoms with Crippen molar-refractivity contribution in [3.8, 4) is 0 Å². The fourth-order valence-corrected chi connectivity index (χ4v) is 0.840. The van der Waals surface area contributed by atoms with Gasteiger partial charge in [-0.15, -0.1) is 24.3 Å². The van der Waals surface area contributed by atoms with Crippen LogP contribution >= 0.6 is 0 Å². The SMILES string of the molecule is [CH2-]C=CC=CCCC.[CH2-]C=CC=CCCC.[Pt+2]. The summed E-state index contributed by atoms with van der Waals surface area (Å²) < 4.78 is 0. The van der Waals surface area contributed by atoms with Crippen LogP contribution in [0.5, 0.6) is 0 Å². The van der Waals surface area contributed by atoms with Crippen LogP contribution in [0.25, 0.3) is 0 Å². The average Bonchev–Trinajstić information content (AvgIpc) is 2.31. The van der Waals surface area contributed by atoms with E-state index in [4.69, 9.17) is 0 Å². The van der Waals surface area contributed by atoms with Crippen LogP contribution in [0.2, 0.25) is 0 Å². The molecular formula is C16H26Pt. The molecular weight excluding hydrogens is 387 g/mol. The van der Waals surface area contributed by atoms with Crippen molar-refractivity contribution < 1.29 is 21.1 Å². The Labute approximate surface area is 123 Å². The van der Waals surface area contributed by atoms with Gasteiger partial charge in [0.05, 0.1) is 0 Å². The normalized spacial score (nSPS) is 10.9. The van der Waals surface area contributed by atoms with Gasteiger partial charge in [0.2, 0.25) is 0 Å². The van der Waals surface area contributed by atoms with Crippen molar-refractivity contribution in [2.45, 2.75) is 39.5 Å². The van der Waals surface area contributed by atoms with E-state index in [1.54, 1.807) is 12.2 Å². The van der Waals surface area contributed by atoms with Gasteiger partial charge in [-0.25, -0.2) is 38.2 Å². The Hall–Kier alpha value is -0.612. The van der Waals surface area contributed by atoms with Gasteiger partial charge in [0.25, 0.3) is 0 Å². The summed E-state index contributed by atoms with van der Waals surface area (Å²) in [6.07, 6.45) is 20.6. The third kappa shape index (κ3) is 31.3. The van der Waals surface area contributed by atoms with Gasteiger partial charge in [-0.2, -0.15) is 0 Å². The fourth-order valence-electron chi connectivity index (χ4n) is 0.840. The van der Waals surface area contributed by atoms with Crippen molar-refractivity contribution in [3.63, 3.8) is 0 Å². The smallest absolute Gasteiger partial charge is 0.245 e. The first-order valence-corrected chi connectivity index (χ1v) is 6.05. The molecule has 0 aromatic carbocycles. The average molecular weight is 413 g/mol. The summed E-state index contributed by atoms with van der Waals surface area (Å²) in [5.41, 5.74) is 0. The van der Waals surface area contributed by atoms with Gasteiger partial charge in [-0.3, -0.25) is 0 Å². The second-order valence-corrected chi connectivity index (χ2v) is 3.29. The largest absolute Gasteiger partial charge is 2.00 e. The van der Waals surface area contributed by atoms with E-state index in [1.165, 1.54) is 25.7 Å². The van der Waals surface area contributed by atoms with E-state index in [9.17, 15) is 0 Å². The molecule has 0 aliphatic carbocycles. The van der Waals surface area contributed by atoms with Crippen LogP contribution in [-0.4, -0.2) is 0 Å². The maximum Gasteiger partial charge on any atom is 2.00 e. The minimum atomic E-state index is 0. The standard InChI is InChI=1S/2C8H13.Pt/c2*1-3-5-7-8-6-4-2;/h2*3,5,7-8H,1,4,6H2,2H3;/q2*-1;+2. The molecule has 0 aliphatic heterocycles. The molecule has 0 saturated heterocycles. The van der Waals surface area contributed by atoms with Crippen LogP contribution in [0, 0.1) is 13.8 Å². The molecule has 0 spiro atoms. The first kappa shape index (κ1) is 21.7. The summed E-state index contributed by atoms with van der Waals surface area (Å²) in [5.74, 6) is 0. The van der Waals surface area contributed by atoms with Gasteiger partial charge in [-0.05, 0) is 12.8 Å². The van der Waals surface area contributed by atoms with E-state index in [2.05, 4.69) is 39.8 Å². The van der Waals surface area contributed by atoms with Crippen molar-refractivity contribution in [1.29, 1.82) is 0 Å². The van der Waals surface area contributed by atoms with Crippen LogP contribution in [0.4, 0.5) is 0 Å². The molecule has 0 aliphatic rings. The molecule has 17 heavy (non-hydrogen) atoms. The first-order valence-electron chi connectivity index (χ1n) is 6.05. The third-order valence-corrected chi connectivity index (χ3v) is 1.68. The van der Waals surface area contributed by atoms with Crippen molar-refractivity contribution in [3.05, 3.63) is 62.5 Å². The molecule has 1 heteroatoms. The topological polar surface area (TPSA) is 0 Å². The van der Waals surface area contributed by atoms with E-state index in [-0.39, 0.29) is 21.1 Å². The second kappa shape index (κ2) is 24.6. The fraction of sp³-hybridized carbons (Fsp3) is 0.375. The number of hydrogen-bond acceptors (Lipinski definition) is 0. The van der Waals surface area contributed by atoms with Crippen LogP contribution < -0.4 is 0 Å². The molecule has 0 aromatic heterocycles. The monoisotopic (exact) mass is 413 g/mol. The molecule has 0 atom stereocenters. The number of hydrogen-bond donors (Lipinski definition) is 0. The van der Waals surface area contributed by atoms with E-state index in [1.807, 2.05) is 24.3 Å². The summed E-state index contributed by atoms with van der Waals surface area (Å²) in [4.78, 5) is 0. The summed E-state index contributed by atoms with van der Waals surface area (Å²) in [5, 5.41) is 0. The molecule has 0 radical (unpaired) electrons. The van der Waals surface area contributed by atoms with E-state index in [0.29, 0.717) is 0 Å². The quantitative estimate of drug-likeness (QED) is 0.401. The molecule has 0 rings (SSSR count). The zero-order valence-electron chi connectivity index (χ0n) is 11.2. The minimum Gasteiger partial charge on any atom is -0.245 e. The second-order valence-electron chi connectivity index (χ2n) is 3.29. The van der Waals surface area contributed by atoms with Gasteiger partial charge in [0, 0.05) is 0 Å². The molecule has 0 unspecified atom stereocenters. The van der Waals surface area contributed by atoms with Crippen LogP contribution in [0.1, 0.15) is 39.5 Å². The Morgan fingerprint density at radius 3 is 1.29 bits per heavy atom.